The van der Waals surface area contributed by atoms with Crippen LogP contribution in [0.5, 0.6) is 5.75 Å². The van der Waals surface area contributed by atoms with Gasteiger partial charge in [0.25, 0.3) is 6.73 Å². The van der Waals surface area contributed by atoms with Gasteiger partial charge in [-0.05, 0) is 30.0 Å². The van der Waals surface area contributed by atoms with Crippen molar-refractivity contribution >= 4 is 11.9 Å². The Labute approximate surface area is 174 Å². The zero-order chi connectivity index (χ0) is 20.6. The molecule has 0 atom stereocenters. The van der Waals surface area contributed by atoms with Crippen molar-refractivity contribution in [3.63, 3.8) is 0 Å². The first kappa shape index (κ1) is 19.4. The summed E-state index contributed by atoms with van der Waals surface area (Å²) in [5.74, 6) is 1.47. The van der Waals surface area contributed by atoms with Crippen molar-refractivity contribution in [3.8, 4) is 5.75 Å². The lowest BCUT2D eigenvalue weighted by molar-refractivity contribution is -0.476. The summed E-state index contributed by atoms with van der Waals surface area (Å²) in [6.07, 6.45) is 2.25. The molecular formula is C27H30NO+. The number of nitrogens with zero attached hydrogens (tertiary/aromatic N) is 1. The molecule has 3 aromatic rings. The smallest absolute Gasteiger partial charge is 0.292 e. The zero-order valence-corrected chi connectivity index (χ0v) is 18.1. The van der Waals surface area contributed by atoms with Gasteiger partial charge < -0.3 is 4.74 Å². The molecule has 0 aromatic heterocycles. The van der Waals surface area contributed by atoms with Crippen molar-refractivity contribution in [2.24, 2.45) is 0 Å². The lowest BCUT2D eigenvalue weighted by atomic mass is 9.76. The van der Waals surface area contributed by atoms with E-state index in [9.17, 15) is 0 Å². The number of benzene rings is 3. The van der Waals surface area contributed by atoms with E-state index in [4.69, 9.17) is 4.74 Å². The predicted molar refractivity (Wildman–Crippen MR) is 121 cm³/mol. The molecule has 0 fully saturated rings. The van der Waals surface area contributed by atoms with E-state index in [0.717, 1.165) is 11.3 Å². The molecule has 0 saturated carbocycles. The number of hydrogen-bond acceptors (Lipinski definition) is 1. The zero-order valence-electron chi connectivity index (χ0n) is 18.1. The molecule has 2 heteroatoms. The van der Waals surface area contributed by atoms with E-state index >= 15 is 0 Å². The molecule has 0 radical (unpaired) electrons. The molecule has 0 unspecified atom stereocenters. The van der Waals surface area contributed by atoms with Crippen LogP contribution in [-0.4, -0.2) is 17.5 Å². The summed E-state index contributed by atoms with van der Waals surface area (Å²) in [5.41, 5.74) is 7.36. The number of fused-ring (bicyclic) bond motifs is 1. The van der Waals surface area contributed by atoms with Crippen LogP contribution in [0, 0.1) is 6.92 Å². The highest BCUT2D eigenvalue weighted by molar-refractivity contribution is 5.83. The lowest BCUT2D eigenvalue weighted by Gasteiger charge is -2.30. The molecule has 4 rings (SSSR count). The van der Waals surface area contributed by atoms with Crippen molar-refractivity contribution < 1.29 is 9.31 Å². The number of ether oxygens (including phenoxy) is 1. The maximum atomic E-state index is 6.41. The molecule has 1 aliphatic rings. The van der Waals surface area contributed by atoms with E-state index in [1.54, 1.807) is 0 Å². The van der Waals surface area contributed by atoms with Crippen LogP contribution in [0.2, 0.25) is 0 Å². The standard InChI is InChI=1S/C27H30NO/c1-19(2)23-13-9-10-14-25(23)28-17-21-15-20(3)16-24(26(21)29-18-28)27(4,5)22-11-7-6-8-12-22/h6-17,19H,18H2,1-5H3/q+1. The van der Waals surface area contributed by atoms with Crippen LogP contribution in [0.15, 0.2) is 66.7 Å². The molecule has 3 aromatic carbocycles. The van der Waals surface area contributed by atoms with Gasteiger partial charge in [0.05, 0.1) is 5.56 Å². The van der Waals surface area contributed by atoms with Crippen molar-refractivity contribution in [3.05, 3.63) is 94.5 Å². The highest BCUT2D eigenvalue weighted by atomic mass is 16.5. The molecule has 0 aliphatic carbocycles. The first-order valence-electron chi connectivity index (χ1n) is 10.4. The molecule has 0 saturated heterocycles. The Morgan fingerprint density at radius 3 is 2.34 bits per heavy atom. The first-order chi connectivity index (χ1) is 13.9. The highest BCUT2D eigenvalue weighted by Crippen LogP contribution is 2.41. The third-order valence-corrected chi connectivity index (χ3v) is 5.94. The van der Waals surface area contributed by atoms with Gasteiger partial charge in [-0.25, -0.2) is 0 Å². The Morgan fingerprint density at radius 2 is 1.62 bits per heavy atom. The summed E-state index contributed by atoms with van der Waals surface area (Å²) >= 11 is 0. The minimum Gasteiger partial charge on any atom is -0.435 e. The second kappa shape index (κ2) is 7.51. The molecule has 0 amide bonds. The molecule has 148 valence electrons. The van der Waals surface area contributed by atoms with E-state index < -0.39 is 0 Å². The van der Waals surface area contributed by atoms with Crippen LogP contribution in [0.1, 0.15) is 61.4 Å². The number of para-hydroxylation sites is 1. The third kappa shape index (κ3) is 3.60. The van der Waals surface area contributed by atoms with Crippen LogP contribution >= 0.6 is 0 Å². The SMILES string of the molecule is Cc1cc2c(c(C(C)(C)c3ccccc3)c1)OC[N+](c1ccccc1C(C)C)=C2. The van der Waals surface area contributed by atoms with Crippen molar-refractivity contribution in [2.75, 3.05) is 6.73 Å². The fraction of sp³-hybridized carbons (Fsp3) is 0.296. The summed E-state index contributed by atoms with van der Waals surface area (Å²) in [5, 5.41) is 0. The topological polar surface area (TPSA) is 12.2 Å². The van der Waals surface area contributed by atoms with E-state index in [0.29, 0.717) is 12.6 Å². The summed E-state index contributed by atoms with van der Waals surface area (Å²) in [4.78, 5) is 0. The quantitative estimate of drug-likeness (QED) is 0.464. The Kier molecular flexibility index (Phi) is 5.04. The van der Waals surface area contributed by atoms with Gasteiger partial charge >= 0.3 is 0 Å². The van der Waals surface area contributed by atoms with Crippen LogP contribution in [0.3, 0.4) is 0 Å². The van der Waals surface area contributed by atoms with E-state index in [1.165, 1.54) is 27.9 Å². The summed E-state index contributed by atoms with van der Waals surface area (Å²) in [6, 6.07) is 23.8. The minimum atomic E-state index is -0.136. The second-order valence-corrected chi connectivity index (χ2v) is 8.81. The molecule has 29 heavy (non-hydrogen) atoms. The monoisotopic (exact) mass is 384 g/mol. The van der Waals surface area contributed by atoms with Gasteiger partial charge in [-0.3, -0.25) is 0 Å². The molecule has 2 nitrogen and oxygen atoms in total. The van der Waals surface area contributed by atoms with Crippen LogP contribution in [0.25, 0.3) is 0 Å². The number of aryl methyl sites for hydroxylation is 1. The molecule has 0 spiro atoms. The van der Waals surface area contributed by atoms with E-state index in [2.05, 4.69) is 112 Å². The minimum absolute atomic E-state index is 0.136. The molecule has 1 aliphatic heterocycles. The van der Waals surface area contributed by atoms with E-state index in [1.807, 2.05) is 0 Å². The average molecular weight is 385 g/mol. The largest absolute Gasteiger partial charge is 0.435 e. The highest BCUT2D eigenvalue weighted by Gasteiger charge is 2.32. The summed E-state index contributed by atoms with van der Waals surface area (Å²) in [6.45, 7) is 11.7. The average Bonchev–Trinajstić information content (AvgIpc) is 2.73. The Morgan fingerprint density at radius 1 is 0.931 bits per heavy atom. The Hall–Kier alpha value is -2.87. The van der Waals surface area contributed by atoms with Crippen LogP contribution in [-0.2, 0) is 5.41 Å². The van der Waals surface area contributed by atoms with Crippen LogP contribution < -0.4 is 4.74 Å². The van der Waals surface area contributed by atoms with Crippen molar-refractivity contribution in [1.29, 1.82) is 0 Å². The van der Waals surface area contributed by atoms with Crippen molar-refractivity contribution in [2.45, 2.75) is 46.0 Å². The molecule has 1 heterocycles. The summed E-state index contributed by atoms with van der Waals surface area (Å²) < 4.78 is 8.65. The maximum absolute atomic E-state index is 6.41. The molecule has 0 bridgehead atoms. The van der Waals surface area contributed by atoms with Gasteiger partial charge in [0.15, 0.2) is 6.21 Å². The molecular weight excluding hydrogens is 354 g/mol. The fourth-order valence-electron chi connectivity index (χ4n) is 4.25. The summed E-state index contributed by atoms with van der Waals surface area (Å²) in [7, 11) is 0. The van der Waals surface area contributed by atoms with Gasteiger partial charge in [-0.2, -0.15) is 4.58 Å². The Balaban J connectivity index is 1.84. The Bertz CT molecular complexity index is 1060. The number of hydrogen-bond donors (Lipinski definition) is 0. The van der Waals surface area contributed by atoms with Crippen molar-refractivity contribution in [1.82, 2.24) is 0 Å². The van der Waals surface area contributed by atoms with Gasteiger partial charge in [0, 0.05) is 22.6 Å². The fourth-order valence-corrected chi connectivity index (χ4v) is 4.25. The van der Waals surface area contributed by atoms with Crippen LogP contribution in [0.4, 0.5) is 5.69 Å². The van der Waals surface area contributed by atoms with Gasteiger partial charge in [-0.15, -0.1) is 0 Å². The maximum Gasteiger partial charge on any atom is 0.292 e. The number of rotatable bonds is 4. The van der Waals surface area contributed by atoms with Gasteiger partial charge in [0.1, 0.15) is 5.75 Å². The van der Waals surface area contributed by atoms with E-state index in [-0.39, 0.29) is 5.41 Å². The normalized spacial score (nSPS) is 13.7. The lowest BCUT2D eigenvalue weighted by Crippen LogP contribution is -2.26. The van der Waals surface area contributed by atoms with Gasteiger partial charge in [-0.1, -0.05) is 82.3 Å². The third-order valence-electron chi connectivity index (χ3n) is 5.94. The van der Waals surface area contributed by atoms with Gasteiger partial charge in [0.2, 0.25) is 5.69 Å². The second-order valence-electron chi connectivity index (χ2n) is 8.81. The predicted octanol–water partition coefficient (Wildman–Crippen LogP) is 6.56. The molecule has 0 N–H and O–H groups in total. The first-order valence-corrected chi connectivity index (χ1v) is 10.4.